The summed E-state index contributed by atoms with van der Waals surface area (Å²) in [6.45, 7) is 11.0. The molecule has 0 spiro atoms. The molecule has 0 aliphatic rings. The number of rotatable bonds is 9. The highest BCUT2D eigenvalue weighted by Gasteiger charge is 2.14. The standard InChI is InChI=1S/C13H25N3OS/c1-5-8-14-9-12-11(10-17-4)15-13(18-12)16(6-2)7-3/h14H,5-10H2,1-4H3. The van der Waals surface area contributed by atoms with Gasteiger partial charge in [0.1, 0.15) is 0 Å². The fourth-order valence-corrected chi connectivity index (χ4v) is 2.93. The van der Waals surface area contributed by atoms with Crippen molar-refractivity contribution in [1.29, 1.82) is 0 Å². The Morgan fingerprint density at radius 3 is 2.56 bits per heavy atom. The van der Waals surface area contributed by atoms with Crippen molar-refractivity contribution in [3.63, 3.8) is 0 Å². The third-order valence-corrected chi connectivity index (χ3v) is 3.95. The Bertz CT molecular complexity index is 337. The molecule has 1 N–H and O–H groups in total. The molecule has 1 aromatic heterocycles. The zero-order chi connectivity index (χ0) is 13.4. The molecule has 1 aromatic rings. The van der Waals surface area contributed by atoms with E-state index >= 15 is 0 Å². The first-order valence-electron chi connectivity index (χ1n) is 6.69. The molecule has 0 saturated heterocycles. The lowest BCUT2D eigenvalue weighted by Crippen LogP contribution is -2.21. The summed E-state index contributed by atoms with van der Waals surface area (Å²) in [5.74, 6) is 0. The first-order valence-corrected chi connectivity index (χ1v) is 7.51. The first kappa shape index (κ1) is 15.4. The quantitative estimate of drug-likeness (QED) is 0.701. The van der Waals surface area contributed by atoms with Crippen molar-refractivity contribution in [3.8, 4) is 0 Å². The lowest BCUT2D eigenvalue weighted by atomic mass is 10.3. The molecule has 0 unspecified atom stereocenters. The fourth-order valence-electron chi connectivity index (χ4n) is 1.77. The number of anilines is 1. The van der Waals surface area contributed by atoms with Crippen LogP contribution in [-0.4, -0.2) is 31.7 Å². The number of hydrogen-bond acceptors (Lipinski definition) is 5. The van der Waals surface area contributed by atoms with Gasteiger partial charge in [0.15, 0.2) is 5.13 Å². The molecule has 5 heteroatoms. The van der Waals surface area contributed by atoms with Gasteiger partial charge in [-0.25, -0.2) is 4.98 Å². The smallest absolute Gasteiger partial charge is 0.185 e. The van der Waals surface area contributed by atoms with Crippen LogP contribution in [0.4, 0.5) is 5.13 Å². The topological polar surface area (TPSA) is 37.4 Å². The molecule has 0 aromatic carbocycles. The lowest BCUT2D eigenvalue weighted by Gasteiger charge is -2.16. The summed E-state index contributed by atoms with van der Waals surface area (Å²) < 4.78 is 5.23. The number of thiazole rings is 1. The highest BCUT2D eigenvalue weighted by atomic mass is 32.1. The largest absolute Gasteiger partial charge is 0.378 e. The lowest BCUT2D eigenvalue weighted by molar-refractivity contribution is 0.181. The molecule has 18 heavy (non-hydrogen) atoms. The van der Waals surface area contributed by atoms with Crippen LogP contribution in [0.15, 0.2) is 0 Å². The van der Waals surface area contributed by atoms with E-state index in [1.54, 1.807) is 18.4 Å². The average Bonchev–Trinajstić information content (AvgIpc) is 2.75. The Morgan fingerprint density at radius 2 is 2.00 bits per heavy atom. The van der Waals surface area contributed by atoms with Gasteiger partial charge >= 0.3 is 0 Å². The van der Waals surface area contributed by atoms with Crippen LogP contribution in [0.1, 0.15) is 37.8 Å². The summed E-state index contributed by atoms with van der Waals surface area (Å²) >= 11 is 1.78. The van der Waals surface area contributed by atoms with Crippen LogP contribution >= 0.6 is 11.3 Å². The Kier molecular flexibility index (Phi) is 7.23. The summed E-state index contributed by atoms with van der Waals surface area (Å²) in [6, 6.07) is 0. The molecular formula is C13H25N3OS. The maximum absolute atomic E-state index is 5.23. The fraction of sp³-hybridized carbons (Fsp3) is 0.769. The van der Waals surface area contributed by atoms with Crippen molar-refractivity contribution in [2.75, 3.05) is 31.6 Å². The van der Waals surface area contributed by atoms with Gasteiger partial charge in [0.25, 0.3) is 0 Å². The molecule has 0 amide bonds. The van der Waals surface area contributed by atoms with Gasteiger partial charge in [-0.3, -0.25) is 0 Å². The molecule has 104 valence electrons. The number of aromatic nitrogens is 1. The van der Waals surface area contributed by atoms with E-state index in [1.165, 1.54) is 4.88 Å². The maximum atomic E-state index is 5.23. The molecule has 0 radical (unpaired) electrons. The summed E-state index contributed by atoms with van der Waals surface area (Å²) in [4.78, 5) is 8.28. The Labute approximate surface area is 114 Å². The zero-order valence-electron chi connectivity index (χ0n) is 12.0. The van der Waals surface area contributed by atoms with E-state index in [9.17, 15) is 0 Å². The van der Waals surface area contributed by atoms with Crippen molar-refractivity contribution in [1.82, 2.24) is 10.3 Å². The Hall–Kier alpha value is -0.650. The van der Waals surface area contributed by atoms with Crippen LogP contribution in [0, 0.1) is 0 Å². The Morgan fingerprint density at radius 1 is 1.28 bits per heavy atom. The van der Waals surface area contributed by atoms with Crippen LogP contribution in [0.25, 0.3) is 0 Å². The summed E-state index contributed by atoms with van der Waals surface area (Å²) in [7, 11) is 1.72. The number of methoxy groups -OCH3 is 1. The summed E-state index contributed by atoms with van der Waals surface area (Å²) in [5.41, 5.74) is 1.08. The van der Waals surface area contributed by atoms with Crippen molar-refractivity contribution in [3.05, 3.63) is 10.6 Å². The van der Waals surface area contributed by atoms with E-state index in [4.69, 9.17) is 9.72 Å². The van der Waals surface area contributed by atoms with Gasteiger partial charge in [0, 0.05) is 31.6 Å². The van der Waals surface area contributed by atoms with E-state index in [0.29, 0.717) is 6.61 Å². The normalized spacial score (nSPS) is 10.9. The monoisotopic (exact) mass is 271 g/mol. The number of hydrogen-bond donors (Lipinski definition) is 1. The van der Waals surface area contributed by atoms with Crippen molar-refractivity contribution >= 4 is 16.5 Å². The minimum absolute atomic E-state index is 0.598. The maximum Gasteiger partial charge on any atom is 0.185 e. The predicted molar refractivity (Wildman–Crippen MR) is 78.4 cm³/mol. The van der Waals surface area contributed by atoms with Gasteiger partial charge in [-0.2, -0.15) is 0 Å². The molecule has 0 aliphatic carbocycles. The number of ether oxygens (including phenoxy) is 1. The molecule has 0 atom stereocenters. The molecule has 0 aliphatic heterocycles. The third kappa shape index (κ3) is 4.23. The Balaban J connectivity index is 2.78. The van der Waals surface area contributed by atoms with Crippen LogP contribution in [0.5, 0.6) is 0 Å². The van der Waals surface area contributed by atoms with E-state index in [-0.39, 0.29) is 0 Å². The summed E-state index contributed by atoms with van der Waals surface area (Å²) in [6.07, 6.45) is 1.15. The highest BCUT2D eigenvalue weighted by molar-refractivity contribution is 7.15. The van der Waals surface area contributed by atoms with Crippen LogP contribution < -0.4 is 10.2 Å². The van der Waals surface area contributed by atoms with Gasteiger partial charge in [0.05, 0.1) is 12.3 Å². The van der Waals surface area contributed by atoms with E-state index < -0.39 is 0 Å². The van der Waals surface area contributed by atoms with Gasteiger partial charge in [-0.05, 0) is 26.8 Å². The second-order valence-electron chi connectivity index (χ2n) is 4.15. The molecule has 0 saturated carbocycles. The van der Waals surface area contributed by atoms with Gasteiger partial charge < -0.3 is 15.0 Å². The van der Waals surface area contributed by atoms with E-state index in [1.807, 2.05) is 0 Å². The van der Waals surface area contributed by atoms with Gasteiger partial charge in [-0.15, -0.1) is 11.3 Å². The molecule has 0 bridgehead atoms. The van der Waals surface area contributed by atoms with E-state index in [2.05, 4.69) is 31.0 Å². The summed E-state index contributed by atoms with van der Waals surface area (Å²) in [5, 5.41) is 4.55. The molecule has 4 nitrogen and oxygen atoms in total. The minimum atomic E-state index is 0.598. The molecular weight excluding hydrogens is 246 g/mol. The SMILES string of the molecule is CCCNCc1sc(N(CC)CC)nc1COC. The van der Waals surface area contributed by atoms with Gasteiger partial charge in [0.2, 0.25) is 0 Å². The van der Waals surface area contributed by atoms with Crippen LogP contribution in [0.2, 0.25) is 0 Å². The van der Waals surface area contributed by atoms with Gasteiger partial charge in [-0.1, -0.05) is 6.92 Å². The van der Waals surface area contributed by atoms with Crippen LogP contribution in [-0.2, 0) is 17.9 Å². The van der Waals surface area contributed by atoms with Crippen molar-refractivity contribution < 1.29 is 4.74 Å². The molecule has 1 rings (SSSR count). The second kappa shape index (κ2) is 8.45. The number of nitrogens with one attached hydrogen (secondary N) is 1. The average molecular weight is 271 g/mol. The highest BCUT2D eigenvalue weighted by Crippen LogP contribution is 2.26. The van der Waals surface area contributed by atoms with E-state index in [0.717, 1.165) is 43.4 Å². The predicted octanol–water partition coefficient (Wildman–Crippen LogP) is 2.64. The third-order valence-electron chi connectivity index (χ3n) is 2.79. The first-order chi connectivity index (χ1) is 8.76. The second-order valence-corrected chi connectivity index (χ2v) is 5.21. The van der Waals surface area contributed by atoms with Crippen LogP contribution in [0.3, 0.4) is 0 Å². The van der Waals surface area contributed by atoms with Crippen molar-refractivity contribution in [2.24, 2.45) is 0 Å². The van der Waals surface area contributed by atoms with Crippen molar-refractivity contribution in [2.45, 2.75) is 40.3 Å². The molecule has 1 heterocycles. The zero-order valence-corrected chi connectivity index (χ0v) is 12.8. The molecule has 0 fully saturated rings. The minimum Gasteiger partial charge on any atom is -0.378 e. The number of nitrogens with zero attached hydrogens (tertiary/aromatic N) is 2.